The third-order valence-electron chi connectivity index (χ3n) is 6.24. The van der Waals surface area contributed by atoms with Crippen LogP contribution in [-0.2, 0) is 19.1 Å². The van der Waals surface area contributed by atoms with Gasteiger partial charge in [-0.05, 0) is 44.0 Å². The number of H-pyrrole nitrogens is 1. The number of nitrogens with one attached hydrogen (secondary N) is 3. The summed E-state index contributed by atoms with van der Waals surface area (Å²) in [6.07, 6.45) is 0.917. The molecule has 184 valence electrons. The maximum absolute atomic E-state index is 13.1. The number of fused-ring (bicyclic) bond motifs is 1. The molecule has 2 aliphatic rings. The molecule has 1 atom stereocenters. The molecule has 1 fully saturated rings. The maximum atomic E-state index is 13.1. The molecule has 0 unspecified atom stereocenters. The summed E-state index contributed by atoms with van der Waals surface area (Å²) in [5, 5.41) is 5.38. The van der Waals surface area contributed by atoms with Crippen LogP contribution >= 0.6 is 0 Å². The van der Waals surface area contributed by atoms with Gasteiger partial charge in [-0.15, -0.1) is 0 Å². The van der Waals surface area contributed by atoms with Gasteiger partial charge in [0.1, 0.15) is 11.6 Å². The number of carbonyl (C=O) groups excluding carboxylic acids is 3. The number of ether oxygens (including phenoxy) is 1. The highest BCUT2D eigenvalue weighted by molar-refractivity contribution is 6.04. The second kappa shape index (κ2) is 10.00. The fourth-order valence-corrected chi connectivity index (χ4v) is 4.34. The van der Waals surface area contributed by atoms with Gasteiger partial charge in [0.15, 0.2) is 0 Å². The van der Waals surface area contributed by atoms with Crippen molar-refractivity contribution in [3.63, 3.8) is 0 Å². The van der Waals surface area contributed by atoms with Crippen molar-refractivity contribution >= 4 is 40.9 Å². The molecule has 2 aromatic rings. The summed E-state index contributed by atoms with van der Waals surface area (Å²) in [5.41, 5.74) is 6.29. The van der Waals surface area contributed by atoms with Gasteiger partial charge in [0.2, 0.25) is 23.7 Å². The quantitative estimate of drug-likeness (QED) is 0.437. The van der Waals surface area contributed by atoms with Gasteiger partial charge in [-0.3, -0.25) is 24.2 Å². The number of carbonyl (C=O) groups is 3. The zero-order chi connectivity index (χ0) is 25.1. The van der Waals surface area contributed by atoms with Crippen molar-refractivity contribution in [2.24, 2.45) is 11.7 Å². The van der Waals surface area contributed by atoms with Crippen molar-refractivity contribution in [2.45, 2.75) is 32.1 Å². The Labute approximate surface area is 201 Å². The van der Waals surface area contributed by atoms with Crippen molar-refractivity contribution in [3.8, 4) is 0 Å². The van der Waals surface area contributed by atoms with E-state index in [1.54, 1.807) is 24.3 Å². The Balaban J connectivity index is 1.53. The summed E-state index contributed by atoms with van der Waals surface area (Å²) in [7, 11) is 0. The first kappa shape index (κ1) is 24.0. The molecule has 0 spiro atoms. The second-order valence-electron chi connectivity index (χ2n) is 8.54. The van der Waals surface area contributed by atoms with E-state index in [4.69, 9.17) is 10.5 Å². The molecule has 3 amide bonds. The zero-order valence-electron chi connectivity index (χ0n) is 19.4. The Bertz CT molecular complexity index is 1210. The fraction of sp³-hybridized carbons (Fsp3) is 0.375. The topological polar surface area (TPSA) is 160 Å². The van der Waals surface area contributed by atoms with E-state index in [-0.39, 0.29) is 35.6 Å². The Morgan fingerprint density at radius 2 is 1.91 bits per heavy atom. The van der Waals surface area contributed by atoms with Gasteiger partial charge in [0.05, 0.1) is 18.1 Å². The van der Waals surface area contributed by atoms with Crippen molar-refractivity contribution < 1.29 is 19.1 Å². The third-order valence-corrected chi connectivity index (χ3v) is 6.24. The molecule has 11 nitrogen and oxygen atoms in total. The summed E-state index contributed by atoms with van der Waals surface area (Å²) in [6, 6.07) is 6.92. The maximum Gasteiger partial charge on any atom is 0.258 e. The monoisotopic (exact) mass is 480 g/mol. The van der Waals surface area contributed by atoms with Crippen molar-refractivity contribution in [3.05, 3.63) is 52.3 Å². The fourth-order valence-electron chi connectivity index (χ4n) is 4.34. The molecule has 35 heavy (non-hydrogen) atoms. The first-order valence-corrected chi connectivity index (χ1v) is 11.5. The highest BCUT2D eigenvalue weighted by Crippen LogP contribution is 2.31. The molecular weight excluding hydrogens is 452 g/mol. The number of nitrogens with zero attached hydrogens (tertiary/aromatic N) is 2. The van der Waals surface area contributed by atoms with E-state index in [1.165, 1.54) is 0 Å². The molecule has 2 aliphatic heterocycles. The summed E-state index contributed by atoms with van der Waals surface area (Å²) < 4.78 is 5.38. The molecular formula is C24H28N6O5. The van der Waals surface area contributed by atoms with Crippen molar-refractivity contribution in [1.82, 2.24) is 9.97 Å². The highest BCUT2D eigenvalue weighted by atomic mass is 16.5. The summed E-state index contributed by atoms with van der Waals surface area (Å²) in [6.45, 7) is 7.18. The second-order valence-corrected chi connectivity index (χ2v) is 8.54. The third kappa shape index (κ3) is 5.18. The van der Waals surface area contributed by atoms with E-state index >= 15 is 0 Å². The number of amides is 3. The first-order valence-electron chi connectivity index (χ1n) is 11.5. The molecule has 0 bridgehead atoms. The van der Waals surface area contributed by atoms with Gasteiger partial charge in [0.25, 0.3) is 5.56 Å². The molecule has 0 aliphatic carbocycles. The number of benzene rings is 1. The zero-order valence-corrected chi connectivity index (χ0v) is 19.4. The normalized spacial score (nSPS) is 17.8. The largest absolute Gasteiger partial charge is 0.494 e. The molecule has 1 aromatic heterocycles. The van der Waals surface area contributed by atoms with Crippen LogP contribution in [0.5, 0.6) is 0 Å². The van der Waals surface area contributed by atoms with Gasteiger partial charge in [0, 0.05) is 36.7 Å². The van der Waals surface area contributed by atoms with Crippen LogP contribution in [0.15, 0.2) is 35.6 Å². The number of anilines is 3. The summed E-state index contributed by atoms with van der Waals surface area (Å²) in [5.74, 6) is -1.57. The van der Waals surface area contributed by atoms with Crippen LogP contribution in [-0.4, -0.2) is 47.4 Å². The molecule has 0 saturated carbocycles. The van der Waals surface area contributed by atoms with E-state index < -0.39 is 23.3 Å². The standard InChI is InChI=1S/C24H28N6O5/c1-3-35-13(2)14-4-6-16(7-5-14)26-22(33)17-12-18(31)27-21-19(17)23(34)29-24(28-21)30-10-8-15(9-11-30)20(25)32/h4-7,15,17H,2-3,8-12H2,1H3,(H2,25,32)(H,26,33)(H2,27,28,29,31,34)/t17-/m1/s1. The van der Waals surface area contributed by atoms with E-state index in [0.29, 0.717) is 44.0 Å². The molecule has 3 heterocycles. The predicted octanol–water partition coefficient (Wildman–Crippen LogP) is 1.54. The van der Waals surface area contributed by atoms with Crippen LogP contribution in [0.25, 0.3) is 5.76 Å². The van der Waals surface area contributed by atoms with Crippen LogP contribution in [0.2, 0.25) is 0 Å². The number of hydrogen-bond acceptors (Lipinski definition) is 7. The molecule has 1 aromatic carbocycles. The molecule has 0 radical (unpaired) electrons. The summed E-state index contributed by atoms with van der Waals surface area (Å²) in [4.78, 5) is 58.8. The number of aromatic amines is 1. The Hall–Kier alpha value is -4.15. The van der Waals surface area contributed by atoms with Crippen LogP contribution < -0.4 is 26.8 Å². The van der Waals surface area contributed by atoms with Crippen LogP contribution in [0, 0.1) is 5.92 Å². The van der Waals surface area contributed by atoms with E-state index in [0.717, 1.165) is 5.56 Å². The van der Waals surface area contributed by atoms with Gasteiger partial charge < -0.3 is 26.0 Å². The molecule has 1 saturated heterocycles. The summed E-state index contributed by atoms with van der Waals surface area (Å²) >= 11 is 0. The van der Waals surface area contributed by atoms with Gasteiger partial charge in [-0.2, -0.15) is 4.98 Å². The lowest BCUT2D eigenvalue weighted by atomic mass is 9.92. The van der Waals surface area contributed by atoms with E-state index in [9.17, 15) is 19.2 Å². The number of hydrogen-bond donors (Lipinski definition) is 4. The minimum Gasteiger partial charge on any atom is -0.494 e. The average Bonchev–Trinajstić information content (AvgIpc) is 2.83. The average molecular weight is 481 g/mol. The Morgan fingerprint density at radius 1 is 1.23 bits per heavy atom. The smallest absolute Gasteiger partial charge is 0.258 e. The highest BCUT2D eigenvalue weighted by Gasteiger charge is 2.35. The van der Waals surface area contributed by atoms with Crippen molar-refractivity contribution in [1.29, 1.82) is 0 Å². The minimum absolute atomic E-state index is 0.0699. The number of rotatable bonds is 7. The number of aromatic nitrogens is 2. The van der Waals surface area contributed by atoms with Gasteiger partial charge in [-0.25, -0.2) is 0 Å². The number of nitrogens with two attached hydrogens (primary N) is 1. The molecule has 11 heteroatoms. The number of primary amides is 1. The lowest BCUT2D eigenvalue weighted by Crippen LogP contribution is -2.41. The SMILES string of the molecule is C=C(OCC)c1ccc(NC(=O)[C@@H]2CC(=O)Nc3nc(N4CCC(C(N)=O)CC4)[nH]c(=O)c32)cc1. The number of piperidine rings is 1. The van der Waals surface area contributed by atoms with E-state index in [1.807, 2.05) is 11.8 Å². The molecule has 5 N–H and O–H groups in total. The predicted molar refractivity (Wildman–Crippen MR) is 131 cm³/mol. The Morgan fingerprint density at radius 3 is 2.54 bits per heavy atom. The minimum atomic E-state index is -0.997. The molecule has 4 rings (SSSR count). The van der Waals surface area contributed by atoms with E-state index in [2.05, 4.69) is 27.2 Å². The van der Waals surface area contributed by atoms with Gasteiger partial charge >= 0.3 is 0 Å². The van der Waals surface area contributed by atoms with Crippen molar-refractivity contribution in [2.75, 3.05) is 35.2 Å². The first-order chi connectivity index (χ1) is 16.8. The Kier molecular flexibility index (Phi) is 6.85. The van der Waals surface area contributed by atoms with Crippen LogP contribution in [0.4, 0.5) is 17.5 Å². The lowest BCUT2D eigenvalue weighted by molar-refractivity contribution is -0.123. The van der Waals surface area contributed by atoms with Crippen LogP contribution in [0.1, 0.15) is 43.2 Å². The lowest BCUT2D eigenvalue weighted by Gasteiger charge is -2.32. The van der Waals surface area contributed by atoms with Crippen LogP contribution in [0.3, 0.4) is 0 Å². The van der Waals surface area contributed by atoms with Gasteiger partial charge in [-0.1, -0.05) is 6.58 Å².